The molecule has 0 spiro atoms. The predicted molar refractivity (Wildman–Crippen MR) is 63.4 cm³/mol. The molecule has 0 aliphatic rings. The molecule has 1 N–H and O–H groups in total. The Kier molecular flexibility index (Phi) is 1.74. The van der Waals surface area contributed by atoms with Crippen molar-refractivity contribution in [3.05, 3.63) is 29.3 Å². The van der Waals surface area contributed by atoms with Crippen molar-refractivity contribution in [3.8, 4) is 0 Å². The monoisotopic (exact) mass is 212 g/mol. The number of nitrogens with one attached hydrogen (secondary N) is 1. The van der Waals surface area contributed by atoms with E-state index in [9.17, 15) is 0 Å². The van der Waals surface area contributed by atoms with Gasteiger partial charge >= 0.3 is 0 Å². The number of aryl methyl sites for hydroxylation is 3. The van der Waals surface area contributed by atoms with E-state index in [1.54, 1.807) is 0 Å². The molecule has 4 heteroatoms. The van der Waals surface area contributed by atoms with Gasteiger partial charge in [0.25, 0.3) is 0 Å². The first-order valence-electron chi connectivity index (χ1n) is 5.25. The molecule has 3 aromatic rings. The van der Waals surface area contributed by atoms with Crippen LogP contribution in [-0.4, -0.2) is 19.9 Å². The zero-order valence-corrected chi connectivity index (χ0v) is 9.50. The second-order valence-electron chi connectivity index (χ2n) is 4.07. The number of imidazole rings is 1. The predicted octanol–water partition coefficient (Wildman–Crippen LogP) is 2.43. The van der Waals surface area contributed by atoms with Crippen LogP contribution < -0.4 is 0 Å². The number of fused-ring (bicyclic) bond motifs is 3. The smallest absolute Gasteiger partial charge is 0.140 e. The molecule has 4 nitrogen and oxygen atoms in total. The van der Waals surface area contributed by atoms with Crippen LogP contribution in [0, 0.1) is 20.8 Å². The van der Waals surface area contributed by atoms with Gasteiger partial charge in [-0.25, -0.2) is 15.0 Å². The Morgan fingerprint density at radius 2 is 1.69 bits per heavy atom. The fourth-order valence-electron chi connectivity index (χ4n) is 1.98. The van der Waals surface area contributed by atoms with E-state index in [-0.39, 0.29) is 0 Å². The lowest BCUT2D eigenvalue weighted by molar-refractivity contribution is 1.15. The average molecular weight is 212 g/mol. The maximum absolute atomic E-state index is 4.52. The Morgan fingerprint density at radius 1 is 0.938 bits per heavy atom. The van der Waals surface area contributed by atoms with Crippen molar-refractivity contribution in [1.29, 1.82) is 0 Å². The van der Waals surface area contributed by atoms with E-state index in [1.165, 1.54) is 0 Å². The molecule has 3 aromatic heterocycles. The summed E-state index contributed by atoms with van der Waals surface area (Å²) in [5.74, 6) is 0.799. The van der Waals surface area contributed by atoms with Crippen molar-refractivity contribution in [2.75, 3.05) is 0 Å². The topological polar surface area (TPSA) is 54.5 Å². The van der Waals surface area contributed by atoms with Crippen LogP contribution in [0.4, 0.5) is 0 Å². The summed E-state index contributed by atoms with van der Waals surface area (Å²) in [6.07, 6.45) is 0. The van der Waals surface area contributed by atoms with E-state index < -0.39 is 0 Å². The zero-order valence-electron chi connectivity index (χ0n) is 9.50. The molecule has 3 heterocycles. The van der Waals surface area contributed by atoms with Crippen LogP contribution in [0.25, 0.3) is 22.1 Å². The first-order valence-corrected chi connectivity index (χ1v) is 5.25. The molecule has 0 unspecified atom stereocenters. The summed E-state index contributed by atoms with van der Waals surface area (Å²) in [4.78, 5) is 16.6. The SMILES string of the molecule is Cc1nc2c(C)nc3[nH]c(C)ccc3c2n1. The van der Waals surface area contributed by atoms with Crippen molar-refractivity contribution in [3.63, 3.8) is 0 Å². The van der Waals surface area contributed by atoms with Crippen LogP contribution in [-0.2, 0) is 0 Å². The van der Waals surface area contributed by atoms with Crippen LogP contribution in [0.3, 0.4) is 0 Å². The van der Waals surface area contributed by atoms with Gasteiger partial charge in [0.2, 0.25) is 0 Å². The standard InChI is InChI=1S/C12H12N4/c1-6-4-5-9-11-10(15-8(3)16-11)7(2)14-12(9)13-6/h4-5H,1-3H3,(H,13,14). The minimum Gasteiger partial charge on any atom is -0.344 e. The average Bonchev–Trinajstić information content (AvgIpc) is 2.60. The lowest BCUT2D eigenvalue weighted by Crippen LogP contribution is -1.91. The van der Waals surface area contributed by atoms with Gasteiger partial charge in [-0.3, -0.25) is 0 Å². The zero-order chi connectivity index (χ0) is 11.3. The summed E-state index contributed by atoms with van der Waals surface area (Å²) in [7, 11) is 0. The molecule has 0 saturated heterocycles. The molecular formula is C12H12N4. The van der Waals surface area contributed by atoms with Crippen LogP contribution in [0.2, 0.25) is 0 Å². The van der Waals surface area contributed by atoms with E-state index in [1.807, 2.05) is 32.9 Å². The van der Waals surface area contributed by atoms with Crippen LogP contribution in [0.1, 0.15) is 17.2 Å². The Bertz CT molecular complexity index is 697. The van der Waals surface area contributed by atoms with Gasteiger partial charge in [-0.1, -0.05) is 0 Å². The highest BCUT2D eigenvalue weighted by Gasteiger charge is 2.10. The lowest BCUT2D eigenvalue weighted by Gasteiger charge is -2.02. The molecule has 0 bridgehead atoms. The normalized spacial score (nSPS) is 11.4. The van der Waals surface area contributed by atoms with Gasteiger partial charge in [-0.15, -0.1) is 0 Å². The Labute approximate surface area is 92.8 Å². The largest absolute Gasteiger partial charge is 0.344 e. The van der Waals surface area contributed by atoms with Crippen LogP contribution >= 0.6 is 0 Å². The first-order chi connectivity index (χ1) is 7.65. The van der Waals surface area contributed by atoms with E-state index in [0.29, 0.717) is 0 Å². The third-order valence-corrected chi connectivity index (χ3v) is 2.72. The third kappa shape index (κ3) is 1.19. The summed E-state index contributed by atoms with van der Waals surface area (Å²) in [5.41, 5.74) is 4.74. The molecule has 80 valence electrons. The number of nitrogens with zero attached hydrogens (tertiary/aromatic N) is 3. The lowest BCUT2D eigenvalue weighted by atomic mass is 10.2. The second kappa shape index (κ2) is 3.01. The van der Waals surface area contributed by atoms with Gasteiger partial charge in [0, 0.05) is 11.1 Å². The molecule has 0 atom stereocenters. The molecule has 16 heavy (non-hydrogen) atoms. The molecule has 0 radical (unpaired) electrons. The first kappa shape index (κ1) is 9.27. The molecule has 0 saturated carbocycles. The Balaban J connectivity index is 2.57. The van der Waals surface area contributed by atoms with Gasteiger partial charge < -0.3 is 4.98 Å². The van der Waals surface area contributed by atoms with E-state index in [0.717, 1.165) is 39.3 Å². The van der Waals surface area contributed by atoms with E-state index in [2.05, 4.69) is 19.9 Å². The number of H-pyrrole nitrogens is 1. The van der Waals surface area contributed by atoms with E-state index in [4.69, 9.17) is 0 Å². The Morgan fingerprint density at radius 3 is 2.50 bits per heavy atom. The molecule has 3 rings (SSSR count). The van der Waals surface area contributed by atoms with Crippen LogP contribution in [0.5, 0.6) is 0 Å². The molecule has 0 aliphatic heterocycles. The number of aromatic amines is 1. The summed E-state index contributed by atoms with van der Waals surface area (Å²) in [5, 5.41) is 1.03. The maximum Gasteiger partial charge on any atom is 0.140 e. The van der Waals surface area contributed by atoms with Crippen LogP contribution in [0.15, 0.2) is 12.1 Å². The molecule has 0 aliphatic carbocycles. The minimum absolute atomic E-state index is 0.799. The number of pyridine rings is 2. The molecule has 0 amide bonds. The fraction of sp³-hybridized carbons (Fsp3) is 0.250. The summed E-state index contributed by atoms with van der Waals surface area (Å²) >= 11 is 0. The number of hydrogen-bond donors (Lipinski definition) is 1. The van der Waals surface area contributed by atoms with Gasteiger partial charge in [-0.2, -0.15) is 0 Å². The van der Waals surface area contributed by atoms with E-state index >= 15 is 0 Å². The highest BCUT2D eigenvalue weighted by atomic mass is 15.0. The number of hydrogen-bond acceptors (Lipinski definition) is 3. The highest BCUT2D eigenvalue weighted by Crippen LogP contribution is 2.23. The second-order valence-corrected chi connectivity index (χ2v) is 4.07. The third-order valence-electron chi connectivity index (χ3n) is 2.72. The number of rotatable bonds is 0. The van der Waals surface area contributed by atoms with Gasteiger partial charge in [0.1, 0.15) is 22.5 Å². The minimum atomic E-state index is 0.799. The molecule has 0 aromatic carbocycles. The van der Waals surface area contributed by atoms with Crippen molar-refractivity contribution in [2.24, 2.45) is 0 Å². The molecule has 0 fully saturated rings. The summed E-state index contributed by atoms with van der Waals surface area (Å²) < 4.78 is 0. The number of aromatic nitrogens is 4. The van der Waals surface area contributed by atoms with Gasteiger partial charge in [0.15, 0.2) is 0 Å². The Hall–Kier alpha value is -1.97. The highest BCUT2D eigenvalue weighted by molar-refractivity contribution is 6.01. The summed E-state index contributed by atoms with van der Waals surface area (Å²) in [6.45, 7) is 5.89. The van der Waals surface area contributed by atoms with Crippen molar-refractivity contribution in [2.45, 2.75) is 20.8 Å². The van der Waals surface area contributed by atoms with Crippen molar-refractivity contribution >= 4 is 22.1 Å². The summed E-state index contributed by atoms with van der Waals surface area (Å²) in [6, 6.07) is 4.08. The molecular weight excluding hydrogens is 200 g/mol. The maximum atomic E-state index is 4.52. The quantitative estimate of drug-likeness (QED) is 0.622. The van der Waals surface area contributed by atoms with Gasteiger partial charge in [-0.05, 0) is 32.9 Å². The van der Waals surface area contributed by atoms with Crippen molar-refractivity contribution < 1.29 is 0 Å². The fourth-order valence-corrected chi connectivity index (χ4v) is 1.98. The van der Waals surface area contributed by atoms with Crippen molar-refractivity contribution in [1.82, 2.24) is 19.9 Å². The van der Waals surface area contributed by atoms with Gasteiger partial charge in [0.05, 0.1) is 5.69 Å².